The molecule has 0 bridgehead atoms. The van der Waals surface area contributed by atoms with Crippen LogP contribution in [0.25, 0.3) is 0 Å². The second kappa shape index (κ2) is 6.93. The van der Waals surface area contributed by atoms with Crippen LogP contribution in [0.3, 0.4) is 0 Å². The maximum absolute atomic E-state index is 12.4. The fraction of sp³-hybridized carbons (Fsp3) is 0.400. The molecule has 9 heteroatoms. The smallest absolute Gasteiger partial charge is 0.417 e. The van der Waals surface area contributed by atoms with E-state index >= 15 is 0 Å². The van der Waals surface area contributed by atoms with Crippen LogP contribution < -0.4 is 5.73 Å². The number of halogens is 5. The summed E-state index contributed by atoms with van der Waals surface area (Å²) in [5.41, 5.74) is 4.32. The number of carbonyl (C=O) groups excluding carboxylic acids is 1. The van der Waals surface area contributed by atoms with Crippen molar-refractivity contribution < 1.29 is 22.7 Å². The van der Waals surface area contributed by atoms with Crippen molar-refractivity contribution in [2.75, 3.05) is 6.61 Å². The monoisotopic (exact) mass is 318 g/mol. The van der Waals surface area contributed by atoms with Gasteiger partial charge in [0.2, 0.25) is 0 Å². The molecule has 0 amide bonds. The molecule has 19 heavy (non-hydrogen) atoms. The summed E-state index contributed by atoms with van der Waals surface area (Å²) in [7, 11) is 0. The van der Waals surface area contributed by atoms with Gasteiger partial charge in [0.1, 0.15) is 6.04 Å². The van der Waals surface area contributed by atoms with E-state index in [0.717, 1.165) is 0 Å². The van der Waals surface area contributed by atoms with E-state index < -0.39 is 23.8 Å². The maximum atomic E-state index is 12.4. The van der Waals surface area contributed by atoms with E-state index in [0.29, 0.717) is 12.3 Å². The van der Waals surface area contributed by atoms with Crippen LogP contribution in [-0.2, 0) is 15.7 Å². The van der Waals surface area contributed by atoms with Gasteiger partial charge in [-0.15, -0.1) is 12.4 Å². The van der Waals surface area contributed by atoms with Gasteiger partial charge in [-0.1, -0.05) is 11.6 Å². The molecule has 1 aromatic rings. The zero-order valence-corrected chi connectivity index (χ0v) is 11.3. The molecular weight excluding hydrogens is 308 g/mol. The molecule has 1 atom stereocenters. The lowest BCUT2D eigenvalue weighted by atomic mass is 10.1. The third-order valence-electron chi connectivity index (χ3n) is 2.03. The van der Waals surface area contributed by atoms with E-state index in [4.69, 9.17) is 17.3 Å². The summed E-state index contributed by atoms with van der Waals surface area (Å²) in [4.78, 5) is 14.8. The van der Waals surface area contributed by atoms with Crippen LogP contribution in [0.15, 0.2) is 12.3 Å². The van der Waals surface area contributed by atoms with Gasteiger partial charge in [0, 0.05) is 6.20 Å². The van der Waals surface area contributed by atoms with Gasteiger partial charge >= 0.3 is 12.1 Å². The second-order valence-corrected chi connectivity index (χ2v) is 3.73. The zero-order valence-electron chi connectivity index (χ0n) is 9.70. The Morgan fingerprint density at radius 1 is 1.58 bits per heavy atom. The van der Waals surface area contributed by atoms with Crippen molar-refractivity contribution in [3.05, 3.63) is 28.5 Å². The predicted octanol–water partition coefficient (Wildman–Crippen LogP) is 2.74. The van der Waals surface area contributed by atoms with Gasteiger partial charge in [0.25, 0.3) is 0 Å². The van der Waals surface area contributed by atoms with Crippen LogP contribution in [-0.4, -0.2) is 17.6 Å². The number of nitrogens with zero attached hydrogens (tertiary/aromatic N) is 1. The van der Waals surface area contributed by atoms with Gasteiger partial charge in [-0.3, -0.25) is 4.98 Å². The number of alkyl halides is 3. The molecule has 0 fully saturated rings. The summed E-state index contributed by atoms with van der Waals surface area (Å²) in [5.74, 6) is -0.799. The highest BCUT2D eigenvalue weighted by molar-refractivity contribution is 6.31. The highest BCUT2D eigenvalue weighted by Gasteiger charge is 2.32. The molecule has 0 aliphatic heterocycles. The first-order valence-electron chi connectivity index (χ1n) is 4.92. The standard InChI is InChI=1S/C10H10ClF3N2O2.ClH/c1-2-18-9(17)7(15)8-6(11)3-5(4-16-8)10(12,13)14;/h3-4,7H,2,15H2,1H3;1H. The Labute approximate surface area is 118 Å². The summed E-state index contributed by atoms with van der Waals surface area (Å²) in [6.45, 7) is 1.68. The van der Waals surface area contributed by atoms with Crippen molar-refractivity contribution >= 4 is 30.0 Å². The number of aromatic nitrogens is 1. The van der Waals surface area contributed by atoms with Gasteiger partial charge in [0.05, 0.1) is 22.9 Å². The molecule has 1 unspecified atom stereocenters. The molecule has 1 rings (SSSR count). The minimum Gasteiger partial charge on any atom is -0.465 e. The predicted molar refractivity (Wildman–Crippen MR) is 65.1 cm³/mol. The fourth-order valence-electron chi connectivity index (χ4n) is 1.18. The summed E-state index contributed by atoms with van der Waals surface area (Å²) in [6.07, 6.45) is -3.98. The number of carbonyl (C=O) groups is 1. The molecule has 0 saturated carbocycles. The first-order valence-corrected chi connectivity index (χ1v) is 5.30. The van der Waals surface area contributed by atoms with E-state index in [-0.39, 0.29) is 29.7 Å². The third-order valence-corrected chi connectivity index (χ3v) is 2.33. The Balaban J connectivity index is 0.00000324. The zero-order chi connectivity index (χ0) is 13.9. The quantitative estimate of drug-likeness (QED) is 0.870. The van der Waals surface area contributed by atoms with Crippen LogP contribution in [0.2, 0.25) is 5.02 Å². The average molecular weight is 319 g/mol. The Morgan fingerprint density at radius 3 is 2.58 bits per heavy atom. The van der Waals surface area contributed by atoms with Crippen molar-refractivity contribution in [2.45, 2.75) is 19.1 Å². The molecule has 108 valence electrons. The van der Waals surface area contributed by atoms with Gasteiger partial charge in [-0.25, -0.2) is 4.79 Å². The number of nitrogens with two attached hydrogens (primary N) is 1. The van der Waals surface area contributed by atoms with Gasteiger partial charge in [0.15, 0.2) is 0 Å². The van der Waals surface area contributed by atoms with Crippen LogP contribution in [0.5, 0.6) is 0 Å². The van der Waals surface area contributed by atoms with E-state index in [1.54, 1.807) is 6.92 Å². The molecule has 2 N–H and O–H groups in total. The van der Waals surface area contributed by atoms with E-state index in [2.05, 4.69) is 9.72 Å². The van der Waals surface area contributed by atoms with Crippen LogP contribution in [0.1, 0.15) is 24.2 Å². The normalized spacial score (nSPS) is 12.5. The van der Waals surface area contributed by atoms with E-state index in [9.17, 15) is 18.0 Å². The third kappa shape index (κ3) is 4.52. The van der Waals surface area contributed by atoms with E-state index in [1.807, 2.05) is 0 Å². The van der Waals surface area contributed by atoms with Crippen molar-refractivity contribution in [1.29, 1.82) is 0 Å². The van der Waals surface area contributed by atoms with Crippen LogP contribution in [0.4, 0.5) is 13.2 Å². The van der Waals surface area contributed by atoms with Gasteiger partial charge in [-0.05, 0) is 13.0 Å². The molecule has 0 aliphatic rings. The fourth-order valence-corrected chi connectivity index (χ4v) is 1.46. The van der Waals surface area contributed by atoms with Crippen LogP contribution >= 0.6 is 24.0 Å². The average Bonchev–Trinajstić information content (AvgIpc) is 2.27. The van der Waals surface area contributed by atoms with E-state index in [1.165, 1.54) is 0 Å². The molecule has 0 radical (unpaired) electrons. The lowest BCUT2D eigenvalue weighted by Gasteiger charge is -2.13. The van der Waals surface area contributed by atoms with Crippen molar-refractivity contribution in [1.82, 2.24) is 4.98 Å². The van der Waals surface area contributed by atoms with Gasteiger partial charge < -0.3 is 10.5 Å². The molecule has 0 spiro atoms. The Hall–Kier alpha value is -1.05. The first-order chi connectivity index (χ1) is 8.27. The minimum absolute atomic E-state index is 0. The Kier molecular flexibility index (Phi) is 6.54. The largest absolute Gasteiger partial charge is 0.465 e. The molecule has 4 nitrogen and oxygen atoms in total. The molecular formula is C10H11Cl2F3N2O2. The highest BCUT2D eigenvalue weighted by Crippen LogP contribution is 2.32. The van der Waals surface area contributed by atoms with Gasteiger partial charge in [-0.2, -0.15) is 13.2 Å². The Bertz CT molecular complexity index is 455. The van der Waals surface area contributed by atoms with Crippen molar-refractivity contribution in [3.8, 4) is 0 Å². The summed E-state index contributed by atoms with van der Waals surface area (Å²) in [6, 6.07) is -0.636. The number of ether oxygens (including phenoxy) is 1. The summed E-state index contributed by atoms with van der Waals surface area (Å²) < 4.78 is 41.7. The lowest BCUT2D eigenvalue weighted by molar-refractivity contribution is -0.144. The SMILES string of the molecule is CCOC(=O)C(N)c1ncc(C(F)(F)F)cc1Cl.Cl. The lowest BCUT2D eigenvalue weighted by Crippen LogP contribution is -2.25. The molecule has 0 aromatic carbocycles. The number of hydrogen-bond acceptors (Lipinski definition) is 4. The molecule has 1 aromatic heterocycles. The second-order valence-electron chi connectivity index (χ2n) is 3.32. The number of rotatable bonds is 3. The minimum atomic E-state index is -4.55. The maximum Gasteiger partial charge on any atom is 0.417 e. The molecule has 0 saturated heterocycles. The summed E-state index contributed by atoms with van der Waals surface area (Å²) >= 11 is 5.62. The Morgan fingerprint density at radius 2 is 2.16 bits per heavy atom. The highest BCUT2D eigenvalue weighted by atomic mass is 35.5. The first kappa shape index (κ1) is 17.9. The van der Waals surface area contributed by atoms with Crippen molar-refractivity contribution in [2.24, 2.45) is 5.73 Å². The van der Waals surface area contributed by atoms with Crippen molar-refractivity contribution in [3.63, 3.8) is 0 Å². The summed E-state index contributed by atoms with van der Waals surface area (Å²) in [5, 5.41) is -0.328. The number of pyridine rings is 1. The number of esters is 1. The molecule has 1 heterocycles. The molecule has 0 aliphatic carbocycles. The topological polar surface area (TPSA) is 65.2 Å². The van der Waals surface area contributed by atoms with Crippen LogP contribution in [0, 0.1) is 0 Å². The number of hydrogen-bond donors (Lipinski definition) is 1.